The molecule has 0 aromatic carbocycles. The predicted molar refractivity (Wildman–Crippen MR) is 412 cm³/mol. The van der Waals surface area contributed by atoms with Crippen molar-refractivity contribution < 1.29 is 47.8 Å². The van der Waals surface area contributed by atoms with Crippen molar-refractivity contribution in [1.82, 2.24) is 24.9 Å². The van der Waals surface area contributed by atoms with E-state index in [9.17, 15) is 33.6 Å². The molecule has 0 aromatic heterocycles. The molecule has 0 atom stereocenters. The predicted octanol–water partition coefficient (Wildman–Crippen LogP) is 21.0. The third-order valence-electron chi connectivity index (χ3n) is 20.4. The van der Waals surface area contributed by atoms with Gasteiger partial charge in [-0.3, -0.25) is 33.6 Å². The van der Waals surface area contributed by atoms with Crippen molar-refractivity contribution in [3.63, 3.8) is 0 Å². The maximum Gasteiger partial charge on any atom is 0.306 e. The molecule has 1 saturated heterocycles. The maximum atomic E-state index is 14.3. The zero-order valence-corrected chi connectivity index (χ0v) is 65.9. The average molecular weight is 1400 g/mol. The molecule has 15 heteroatoms. The van der Waals surface area contributed by atoms with Gasteiger partial charge in [0.15, 0.2) is 0 Å². The van der Waals surface area contributed by atoms with Crippen LogP contribution in [0.3, 0.4) is 0 Å². The minimum absolute atomic E-state index is 0.0433. The molecule has 1 heterocycles. The van der Waals surface area contributed by atoms with Gasteiger partial charge in [-0.05, 0) is 64.5 Å². The van der Waals surface area contributed by atoms with Crippen LogP contribution in [0, 0.1) is 0 Å². The van der Waals surface area contributed by atoms with E-state index >= 15 is 0 Å². The smallest absolute Gasteiger partial charge is 0.306 e. The number of piperidine rings is 1. The van der Waals surface area contributed by atoms with Gasteiger partial charge in [-0.25, -0.2) is 0 Å². The lowest BCUT2D eigenvalue weighted by molar-refractivity contribution is -0.161. The van der Waals surface area contributed by atoms with Crippen LogP contribution in [0.2, 0.25) is 0 Å². The minimum Gasteiger partial charge on any atom is -0.463 e. The standard InChI is InChI=1S/C84H159N5O10/c1-7-13-19-25-31-37-43-52-67-87(68-53-44-38-32-26-20-14-8-2)78(91)58-61-81(94)97-74-84(85-77(90)64-73-86-65-50-49-51-66-86,75-98-82(95)62-59-79(92)88(69-54-45-39-33-27-21-15-9-3)70-55-46-40-34-28-22-16-10-4)76-99-83(96)63-60-80(93)89(71-56-47-41-35-29-23-17-11-5)72-57-48-42-36-30-24-18-12-6/h7-76H2,1-6H3,(H,85,90). The quantitative estimate of drug-likeness (QED) is 0.0349. The fourth-order valence-corrected chi connectivity index (χ4v) is 13.7. The Balaban J connectivity index is 3.52. The highest BCUT2D eigenvalue weighted by molar-refractivity contribution is 5.83. The fraction of sp³-hybridized carbons (Fsp3) is 0.917. The zero-order chi connectivity index (χ0) is 72.2. The molecule has 4 amide bonds. The van der Waals surface area contributed by atoms with Crippen LogP contribution in [-0.2, 0) is 47.8 Å². The number of nitrogens with zero attached hydrogens (tertiary/aromatic N) is 4. The Bertz CT molecular complexity index is 1690. The van der Waals surface area contributed by atoms with E-state index in [-0.39, 0.29) is 62.7 Å². The average Bonchev–Trinajstić information content (AvgIpc) is 0.864. The Kier molecular flexibility index (Phi) is 64.7. The van der Waals surface area contributed by atoms with Gasteiger partial charge in [0.25, 0.3) is 0 Å². The van der Waals surface area contributed by atoms with Crippen LogP contribution in [0.25, 0.3) is 0 Å². The molecule has 0 aromatic rings. The lowest BCUT2D eigenvalue weighted by atomic mass is 10.0. The maximum absolute atomic E-state index is 14.3. The molecule has 0 aliphatic carbocycles. The van der Waals surface area contributed by atoms with E-state index in [4.69, 9.17) is 14.2 Å². The number of carbonyl (C=O) groups excluding carboxylic acids is 7. The van der Waals surface area contributed by atoms with Crippen molar-refractivity contribution in [2.75, 3.05) is 78.7 Å². The summed E-state index contributed by atoms with van der Waals surface area (Å²) in [6, 6.07) is 0. The first-order valence-corrected chi connectivity index (χ1v) is 42.7. The summed E-state index contributed by atoms with van der Waals surface area (Å²) < 4.78 is 18.1. The second-order valence-corrected chi connectivity index (χ2v) is 30.0. The van der Waals surface area contributed by atoms with Crippen LogP contribution in [0.4, 0.5) is 0 Å². The van der Waals surface area contributed by atoms with Crippen molar-refractivity contribution in [2.45, 2.75) is 419 Å². The van der Waals surface area contributed by atoms with Crippen LogP contribution >= 0.6 is 0 Å². The summed E-state index contributed by atoms with van der Waals surface area (Å²) in [7, 11) is 0. The normalized spacial score (nSPS) is 12.6. The van der Waals surface area contributed by atoms with E-state index in [1.165, 1.54) is 193 Å². The highest BCUT2D eigenvalue weighted by Gasteiger charge is 2.38. The monoisotopic (exact) mass is 1400 g/mol. The highest BCUT2D eigenvalue weighted by Crippen LogP contribution is 2.20. The molecule has 0 radical (unpaired) electrons. The third-order valence-corrected chi connectivity index (χ3v) is 20.4. The second kappa shape index (κ2) is 68.7. The Labute approximate surface area is 609 Å². The zero-order valence-electron chi connectivity index (χ0n) is 65.9. The van der Waals surface area contributed by atoms with Crippen molar-refractivity contribution in [3.8, 4) is 0 Å². The molecule has 0 saturated carbocycles. The Morgan fingerprint density at radius 2 is 0.495 bits per heavy atom. The molecule has 1 N–H and O–H groups in total. The molecule has 1 fully saturated rings. The first kappa shape index (κ1) is 93.3. The molecule has 0 unspecified atom stereocenters. The number of ether oxygens (including phenoxy) is 3. The van der Waals surface area contributed by atoms with Crippen molar-refractivity contribution in [1.29, 1.82) is 0 Å². The van der Waals surface area contributed by atoms with Crippen LogP contribution in [0.15, 0.2) is 0 Å². The van der Waals surface area contributed by atoms with Crippen LogP contribution in [0.1, 0.15) is 414 Å². The number of rotatable bonds is 73. The van der Waals surface area contributed by atoms with E-state index < -0.39 is 49.2 Å². The Morgan fingerprint density at radius 3 is 0.717 bits per heavy atom. The minimum atomic E-state index is -1.73. The molecular formula is C84H159N5O10. The van der Waals surface area contributed by atoms with Crippen molar-refractivity contribution >= 4 is 41.5 Å². The Morgan fingerprint density at radius 1 is 0.283 bits per heavy atom. The summed E-state index contributed by atoms with van der Waals surface area (Å²) in [5.41, 5.74) is -1.73. The van der Waals surface area contributed by atoms with Gasteiger partial charge < -0.3 is 39.1 Å². The van der Waals surface area contributed by atoms with E-state index in [0.717, 1.165) is 148 Å². The number of unbranched alkanes of at least 4 members (excludes halogenated alkanes) is 42. The number of carbonyl (C=O) groups is 7. The van der Waals surface area contributed by atoms with Crippen LogP contribution < -0.4 is 5.32 Å². The van der Waals surface area contributed by atoms with Gasteiger partial charge in [0, 0.05) is 71.5 Å². The first-order chi connectivity index (χ1) is 48.4. The molecule has 99 heavy (non-hydrogen) atoms. The van der Waals surface area contributed by atoms with Crippen molar-refractivity contribution in [3.05, 3.63) is 0 Å². The summed E-state index contributed by atoms with van der Waals surface area (Å²) in [4.78, 5) is 107. The SMILES string of the molecule is CCCCCCCCCCN(CCCCCCCCCC)C(=O)CCC(=O)OCC(COC(=O)CCC(=O)N(CCCCCCCCCC)CCCCCCCCCC)(COC(=O)CCC(=O)N(CCCCCCCCCC)CCCCCCCCCC)NC(=O)CCN1CCCCC1. The summed E-state index contributed by atoms with van der Waals surface area (Å²) in [5.74, 6) is -2.66. The molecule has 580 valence electrons. The van der Waals surface area contributed by atoms with Crippen LogP contribution in [-0.4, -0.2) is 145 Å². The third kappa shape index (κ3) is 56.4. The molecule has 0 bridgehead atoms. The second-order valence-electron chi connectivity index (χ2n) is 30.0. The first-order valence-electron chi connectivity index (χ1n) is 42.7. The van der Waals surface area contributed by atoms with Gasteiger partial charge in [-0.1, -0.05) is 318 Å². The molecule has 1 aliphatic heterocycles. The molecule has 0 spiro atoms. The largest absolute Gasteiger partial charge is 0.463 e. The fourth-order valence-electron chi connectivity index (χ4n) is 13.7. The lowest BCUT2D eigenvalue weighted by Crippen LogP contribution is -2.59. The van der Waals surface area contributed by atoms with E-state index in [2.05, 4.69) is 51.8 Å². The molecule has 1 rings (SSSR count). The van der Waals surface area contributed by atoms with E-state index in [1.807, 2.05) is 14.7 Å². The summed E-state index contributed by atoms with van der Waals surface area (Å²) in [6.07, 6.45) is 58.3. The summed E-state index contributed by atoms with van der Waals surface area (Å²) >= 11 is 0. The Hall–Kier alpha value is -3.75. The number of hydrogen-bond donors (Lipinski definition) is 1. The van der Waals surface area contributed by atoms with Gasteiger partial charge in [0.1, 0.15) is 25.4 Å². The lowest BCUT2D eigenvalue weighted by Gasteiger charge is -2.34. The van der Waals surface area contributed by atoms with Gasteiger partial charge in [0.2, 0.25) is 23.6 Å². The topological polar surface area (TPSA) is 172 Å². The van der Waals surface area contributed by atoms with E-state index in [1.54, 1.807) is 0 Å². The van der Waals surface area contributed by atoms with Crippen molar-refractivity contribution in [2.24, 2.45) is 0 Å². The number of amides is 4. The number of hydrogen-bond acceptors (Lipinski definition) is 11. The summed E-state index contributed by atoms with van der Waals surface area (Å²) in [6.45, 7) is 18.0. The number of nitrogens with one attached hydrogen (secondary N) is 1. The van der Waals surface area contributed by atoms with Gasteiger partial charge in [-0.2, -0.15) is 0 Å². The van der Waals surface area contributed by atoms with Gasteiger partial charge in [-0.15, -0.1) is 0 Å². The van der Waals surface area contributed by atoms with E-state index in [0.29, 0.717) is 45.8 Å². The van der Waals surface area contributed by atoms with Crippen LogP contribution in [0.5, 0.6) is 0 Å². The summed E-state index contributed by atoms with van der Waals surface area (Å²) in [5, 5.41) is 3.05. The van der Waals surface area contributed by atoms with Gasteiger partial charge >= 0.3 is 17.9 Å². The number of likely N-dealkylation sites (tertiary alicyclic amines) is 1. The van der Waals surface area contributed by atoms with Gasteiger partial charge in [0.05, 0.1) is 19.3 Å². The molecular weight excluding hydrogens is 1240 g/mol. The highest BCUT2D eigenvalue weighted by atomic mass is 16.6. The number of esters is 3. The molecule has 15 nitrogen and oxygen atoms in total. The molecule has 1 aliphatic rings.